The summed E-state index contributed by atoms with van der Waals surface area (Å²) in [4.78, 5) is 31.3. The molecule has 2 aliphatic rings. The second-order valence-electron chi connectivity index (χ2n) is 12.5. The van der Waals surface area contributed by atoms with Crippen molar-refractivity contribution in [2.45, 2.75) is 66.3 Å². The summed E-state index contributed by atoms with van der Waals surface area (Å²) in [5, 5.41) is 11.2. The summed E-state index contributed by atoms with van der Waals surface area (Å²) in [5.74, 6) is -0.524. The molecule has 0 bridgehead atoms. The Bertz CT molecular complexity index is 1630. The molecular weight excluding hydrogens is 510 g/mol. The molecule has 4 aromatic rings. The summed E-state index contributed by atoms with van der Waals surface area (Å²) in [6, 6.07) is 12.8. The maximum Gasteiger partial charge on any atom is 0.310 e. The fourth-order valence-electron chi connectivity index (χ4n) is 6.61. The Kier molecular flexibility index (Phi) is 6.92. The van der Waals surface area contributed by atoms with Crippen LogP contribution in [-0.2, 0) is 17.8 Å². The van der Waals surface area contributed by atoms with Gasteiger partial charge in [-0.05, 0) is 74.3 Å². The molecule has 2 aliphatic heterocycles. The van der Waals surface area contributed by atoms with Crippen LogP contribution in [0.3, 0.4) is 0 Å². The van der Waals surface area contributed by atoms with Gasteiger partial charge < -0.3 is 14.9 Å². The Morgan fingerprint density at radius 2 is 1.73 bits per heavy atom. The average Bonchev–Trinajstić information content (AvgIpc) is 2.96. The number of carboxylic acid groups (broad SMARTS) is 1. The number of aromatic nitrogens is 3. The minimum absolute atomic E-state index is 0.290. The lowest BCUT2D eigenvalue weighted by atomic mass is 9.81. The van der Waals surface area contributed by atoms with E-state index in [0.717, 1.165) is 95.9 Å². The number of aryl methyl sites for hydroxylation is 2. The summed E-state index contributed by atoms with van der Waals surface area (Å²) in [6.45, 7) is 13.9. The van der Waals surface area contributed by atoms with Crippen molar-refractivity contribution in [3.63, 3.8) is 0 Å². The van der Waals surface area contributed by atoms with Gasteiger partial charge in [-0.2, -0.15) is 0 Å². The number of nitrogens with zero attached hydrogens (tertiary/aromatic N) is 5. The van der Waals surface area contributed by atoms with E-state index in [2.05, 4.69) is 59.8 Å². The lowest BCUT2D eigenvalue weighted by molar-refractivity contribution is -0.138. The standard InChI is InChI=1S/C34H39N5O2/c1-21(33(40)41)28-22(2)37-23(3)29(31(28)38-17-12-34(4,5)13-18-38)26-8-9-27-20-39(16-11-25(27)19-26)32-30-24(10-15-36-32)7-6-14-35-30/h6-10,14-15,19,21H,11-13,16-18,20H2,1-5H3,(H,40,41)/t21-/m0/s1. The first-order chi connectivity index (χ1) is 19.6. The number of pyridine rings is 3. The van der Waals surface area contributed by atoms with Gasteiger partial charge in [-0.15, -0.1) is 0 Å². The molecule has 3 aromatic heterocycles. The van der Waals surface area contributed by atoms with Crippen molar-refractivity contribution in [2.75, 3.05) is 29.4 Å². The molecule has 6 rings (SSSR count). The second-order valence-corrected chi connectivity index (χ2v) is 12.5. The highest BCUT2D eigenvalue weighted by atomic mass is 16.4. The van der Waals surface area contributed by atoms with Crippen LogP contribution in [-0.4, -0.2) is 45.7 Å². The number of carbonyl (C=O) groups is 1. The molecule has 7 nitrogen and oxygen atoms in total. The maximum absolute atomic E-state index is 12.3. The van der Waals surface area contributed by atoms with Gasteiger partial charge in [0.05, 0.1) is 11.6 Å². The average molecular weight is 550 g/mol. The highest BCUT2D eigenvalue weighted by Crippen LogP contribution is 2.44. The number of hydrogen-bond donors (Lipinski definition) is 1. The Morgan fingerprint density at radius 3 is 2.49 bits per heavy atom. The van der Waals surface area contributed by atoms with E-state index in [-0.39, 0.29) is 0 Å². The maximum atomic E-state index is 12.3. The largest absolute Gasteiger partial charge is 0.481 e. The number of carboxylic acids is 1. The quantitative estimate of drug-likeness (QED) is 0.297. The Hall–Kier alpha value is -4.00. The van der Waals surface area contributed by atoms with Crippen LogP contribution in [0.2, 0.25) is 0 Å². The van der Waals surface area contributed by atoms with E-state index in [1.807, 2.05) is 31.5 Å². The molecule has 0 amide bonds. The number of hydrogen-bond acceptors (Lipinski definition) is 6. The van der Waals surface area contributed by atoms with Crippen LogP contribution >= 0.6 is 0 Å². The van der Waals surface area contributed by atoms with Gasteiger partial charge in [-0.1, -0.05) is 38.1 Å². The van der Waals surface area contributed by atoms with Gasteiger partial charge in [0.15, 0.2) is 5.82 Å². The molecule has 1 saturated heterocycles. The number of rotatable bonds is 5. The SMILES string of the molecule is Cc1nc(C)c([C@H](C)C(=O)O)c(N2CCC(C)(C)CC2)c1-c1ccc2c(c1)CCN(c1nccc3cccnc13)C2. The molecule has 0 spiro atoms. The first kappa shape index (κ1) is 27.2. The van der Waals surface area contributed by atoms with Crippen molar-refractivity contribution in [3.8, 4) is 11.1 Å². The van der Waals surface area contributed by atoms with Crippen LogP contribution in [0.4, 0.5) is 11.5 Å². The van der Waals surface area contributed by atoms with E-state index in [1.54, 1.807) is 6.92 Å². The predicted molar refractivity (Wildman–Crippen MR) is 165 cm³/mol. The van der Waals surface area contributed by atoms with Gasteiger partial charge in [0, 0.05) is 66.5 Å². The Labute approximate surface area is 242 Å². The van der Waals surface area contributed by atoms with Crippen LogP contribution in [0.1, 0.15) is 67.6 Å². The highest BCUT2D eigenvalue weighted by molar-refractivity contribution is 5.90. The van der Waals surface area contributed by atoms with Gasteiger partial charge in [-0.3, -0.25) is 14.8 Å². The number of fused-ring (bicyclic) bond motifs is 2. The van der Waals surface area contributed by atoms with E-state index in [4.69, 9.17) is 9.97 Å². The monoisotopic (exact) mass is 549 g/mol. The van der Waals surface area contributed by atoms with Crippen LogP contribution in [0, 0.1) is 19.3 Å². The van der Waals surface area contributed by atoms with Crippen LogP contribution in [0.15, 0.2) is 48.8 Å². The van der Waals surface area contributed by atoms with Crippen molar-refractivity contribution < 1.29 is 9.90 Å². The molecule has 0 aliphatic carbocycles. The van der Waals surface area contributed by atoms with Gasteiger partial charge in [0.2, 0.25) is 0 Å². The van der Waals surface area contributed by atoms with Crippen molar-refractivity contribution in [1.29, 1.82) is 0 Å². The molecule has 212 valence electrons. The van der Waals surface area contributed by atoms with E-state index in [0.29, 0.717) is 5.41 Å². The summed E-state index contributed by atoms with van der Waals surface area (Å²) in [7, 11) is 0. The fraction of sp³-hybridized carbons (Fsp3) is 0.412. The summed E-state index contributed by atoms with van der Waals surface area (Å²) in [6.07, 6.45) is 6.74. The summed E-state index contributed by atoms with van der Waals surface area (Å²) in [5.41, 5.74) is 9.69. The van der Waals surface area contributed by atoms with Crippen LogP contribution in [0.5, 0.6) is 0 Å². The van der Waals surface area contributed by atoms with E-state index in [1.165, 1.54) is 11.1 Å². The molecule has 0 unspecified atom stereocenters. The summed E-state index contributed by atoms with van der Waals surface area (Å²) < 4.78 is 0. The van der Waals surface area contributed by atoms with Gasteiger partial charge >= 0.3 is 5.97 Å². The van der Waals surface area contributed by atoms with E-state index >= 15 is 0 Å². The first-order valence-corrected chi connectivity index (χ1v) is 14.7. The molecule has 41 heavy (non-hydrogen) atoms. The third kappa shape index (κ3) is 5.03. The van der Waals surface area contributed by atoms with Crippen molar-refractivity contribution in [1.82, 2.24) is 15.0 Å². The fourth-order valence-corrected chi connectivity index (χ4v) is 6.61. The third-order valence-corrected chi connectivity index (χ3v) is 9.12. The minimum atomic E-state index is -0.814. The smallest absolute Gasteiger partial charge is 0.310 e. The topological polar surface area (TPSA) is 82.5 Å². The van der Waals surface area contributed by atoms with Gasteiger partial charge in [0.25, 0.3) is 0 Å². The van der Waals surface area contributed by atoms with E-state index < -0.39 is 11.9 Å². The lowest BCUT2D eigenvalue weighted by Gasteiger charge is -2.41. The molecule has 1 fully saturated rings. The van der Waals surface area contributed by atoms with Crippen molar-refractivity contribution >= 4 is 28.4 Å². The predicted octanol–water partition coefficient (Wildman–Crippen LogP) is 6.69. The molecule has 1 N–H and O–H groups in total. The number of anilines is 2. The third-order valence-electron chi connectivity index (χ3n) is 9.12. The van der Waals surface area contributed by atoms with Crippen LogP contribution < -0.4 is 9.80 Å². The molecule has 1 aromatic carbocycles. The Balaban J connectivity index is 1.41. The van der Waals surface area contributed by atoms with Gasteiger partial charge in [0.1, 0.15) is 5.52 Å². The molecule has 5 heterocycles. The zero-order valence-electron chi connectivity index (χ0n) is 24.7. The molecule has 7 heteroatoms. The Morgan fingerprint density at radius 1 is 0.951 bits per heavy atom. The number of piperidine rings is 1. The highest BCUT2D eigenvalue weighted by Gasteiger charge is 2.33. The van der Waals surface area contributed by atoms with Crippen molar-refractivity contribution in [3.05, 3.63) is 76.9 Å². The molecule has 0 saturated carbocycles. The van der Waals surface area contributed by atoms with Gasteiger partial charge in [-0.25, -0.2) is 4.98 Å². The molecule has 0 radical (unpaired) electrons. The minimum Gasteiger partial charge on any atom is -0.481 e. The first-order valence-electron chi connectivity index (χ1n) is 14.7. The second kappa shape index (κ2) is 10.4. The zero-order chi connectivity index (χ0) is 28.9. The number of aliphatic carboxylic acids is 1. The number of benzene rings is 1. The zero-order valence-corrected chi connectivity index (χ0v) is 24.7. The summed E-state index contributed by atoms with van der Waals surface area (Å²) >= 11 is 0. The molecule has 1 atom stereocenters. The van der Waals surface area contributed by atoms with Crippen LogP contribution in [0.25, 0.3) is 22.0 Å². The normalized spacial score (nSPS) is 17.4. The van der Waals surface area contributed by atoms with E-state index in [9.17, 15) is 9.90 Å². The molecular formula is C34H39N5O2. The lowest BCUT2D eigenvalue weighted by Crippen LogP contribution is -2.38. The van der Waals surface area contributed by atoms with Crippen molar-refractivity contribution in [2.24, 2.45) is 5.41 Å².